The van der Waals surface area contributed by atoms with E-state index in [0.29, 0.717) is 16.7 Å². The lowest BCUT2D eigenvalue weighted by atomic mass is 9.94. The minimum absolute atomic E-state index is 0.0608. The molecule has 1 fully saturated rings. The second kappa shape index (κ2) is 10.2. The molecule has 4 rings (SSSR count). The Labute approximate surface area is 208 Å². The molecular weight excluding hydrogens is 461 g/mol. The molecule has 0 spiro atoms. The second-order valence-electron chi connectivity index (χ2n) is 9.00. The van der Waals surface area contributed by atoms with E-state index in [0.717, 1.165) is 5.56 Å². The summed E-state index contributed by atoms with van der Waals surface area (Å²) < 4.78 is 18.7. The zero-order chi connectivity index (χ0) is 26.0. The Bertz CT molecular complexity index is 1340. The van der Waals surface area contributed by atoms with Gasteiger partial charge in [-0.1, -0.05) is 42.0 Å². The van der Waals surface area contributed by atoms with Gasteiger partial charge >= 0.3 is 5.97 Å². The maximum atomic E-state index is 13.4. The van der Waals surface area contributed by atoms with Gasteiger partial charge in [0.05, 0.1) is 23.3 Å². The van der Waals surface area contributed by atoms with Gasteiger partial charge in [0.15, 0.2) is 0 Å². The number of carbonyl (C=O) groups is 3. The molecule has 1 N–H and O–H groups in total. The van der Waals surface area contributed by atoms with E-state index in [1.54, 1.807) is 44.2 Å². The van der Waals surface area contributed by atoms with E-state index in [-0.39, 0.29) is 29.5 Å². The van der Waals surface area contributed by atoms with Crippen LogP contribution in [0, 0.1) is 12.7 Å². The zero-order valence-electron chi connectivity index (χ0n) is 20.2. The number of ether oxygens (including phenoxy) is 1. The Kier molecular flexibility index (Phi) is 7.01. The molecule has 0 saturated carbocycles. The first-order valence-electron chi connectivity index (χ1n) is 11.6. The van der Waals surface area contributed by atoms with Crippen molar-refractivity contribution in [2.75, 3.05) is 0 Å². The van der Waals surface area contributed by atoms with Gasteiger partial charge in [0, 0.05) is 12.1 Å². The van der Waals surface area contributed by atoms with Crippen molar-refractivity contribution in [1.29, 1.82) is 0 Å². The number of carbonyl (C=O) groups excluding carboxylic acids is 3. The van der Waals surface area contributed by atoms with Gasteiger partial charge < -0.3 is 14.7 Å². The molecule has 6 nitrogen and oxygen atoms in total. The molecular formula is C29H26FNO5. The molecule has 0 bridgehead atoms. The first kappa shape index (κ1) is 24.9. The molecule has 1 aliphatic rings. The van der Waals surface area contributed by atoms with Crippen molar-refractivity contribution < 1.29 is 28.6 Å². The smallest absolute Gasteiger partial charge is 0.338 e. The van der Waals surface area contributed by atoms with Gasteiger partial charge in [-0.3, -0.25) is 9.59 Å². The molecule has 1 amide bonds. The summed E-state index contributed by atoms with van der Waals surface area (Å²) >= 11 is 0. The monoisotopic (exact) mass is 487 g/mol. The van der Waals surface area contributed by atoms with E-state index < -0.39 is 29.5 Å². The molecule has 7 heteroatoms. The highest BCUT2D eigenvalue weighted by molar-refractivity contribution is 6.46. The number of esters is 1. The molecule has 0 aromatic heterocycles. The molecule has 1 heterocycles. The molecule has 0 aliphatic carbocycles. The van der Waals surface area contributed by atoms with Gasteiger partial charge in [0.2, 0.25) is 0 Å². The van der Waals surface area contributed by atoms with Crippen LogP contribution in [-0.4, -0.2) is 33.8 Å². The minimum atomic E-state index is -0.847. The van der Waals surface area contributed by atoms with Crippen LogP contribution < -0.4 is 0 Å². The number of ketones is 1. The van der Waals surface area contributed by atoms with Crippen molar-refractivity contribution in [3.05, 3.63) is 112 Å². The molecule has 3 aromatic rings. The summed E-state index contributed by atoms with van der Waals surface area (Å²) in [5, 5.41) is 11.1. The standard InChI is InChI=1S/C29H26FNO5/c1-17(2)36-29(35)21-9-7-19(8-10-21)16-31-25(22-6-4-5-18(3)15-22)24(27(33)28(31)34)26(32)20-11-13-23(30)14-12-20/h4-15,17,25,32H,16H2,1-3H3/b26-24+. The van der Waals surface area contributed by atoms with Crippen molar-refractivity contribution in [2.24, 2.45) is 0 Å². The molecule has 3 aromatic carbocycles. The fraction of sp³-hybridized carbons (Fsp3) is 0.207. The Morgan fingerprint density at radius 2 is 1.64 bits per heavy atom. The van der Waals surface area contributed by atoms with Gasteiger partial charge in [0.1, 0.15) is 11.6 Å². The first-order valence-corrected chi connectivity index (χ1v) is 11.6. The van der Waals surface area contributed by atoms with Gasteiger partial charge in [-0.2, -0.15) is 0 Å². The van der Waals surface area contributed by atoms with Crippen LogP contribution in [0.5, 0.6) is 0 Å². The Hall–Kier alpha value is -4.26. The molecule has 184 valence electrons. The lowest BCUT2D eigenvalue weighted by molar-refractivity contribution is -0.140. The summed E-state index contributed by atoms with van der Waals surface area (Å²) in [6.07, 6.45) is -0.250. The molecule has 0 radical (unpaired) electrons. The van der Waals surface area contributed by atoms with Crippen LogP contribution in [0.3, 0.4) is 0 Å². The second-order valence-corrected chi connectivity index (χ2v) is 9.00. The predicted octanol–water partition coefficient (Wildman–Crippen LogP) is 5.32. The van der Waals surface area contributed by atoms with E-state index in [4.69, 9.17) is 4.74 Å². The summed E-state index contributed by atoms with van der Waals surface area (Å²) in [7, 11) is 0. The number of benzene rings is 3. The molecule has 1 aliphatic heterocycles. The molecule has 1 atom stereocenters. The fourth-order valence-corrected chi connectivity index (χ4v) is 4.22. The number of halogens is 1. The molecule has 1 saturated heterocycles. The fourth-order valence-electron chi connectivity index (χ4n) is 4.22. The summed E-state index contributed by atoms with van der Waals surface area (Å²) in [6.45, 7) is 5.49. The number of aryl methyl sites for hydroxylation is 1. The average molecular weight is 488 g/mol. The highest BCUT2D eigenvalue weighted by Gasteiger charge is 2.46. The van der Waals surface area contributed by atoms with Crippen molar-refractivity contribution in [3.63, 3.8) is 0 Å². The Morgan fingerprint density at radius 3 is 2.25 bits per heavy atom. The molecule has 1 unspecified atom stereocenters. The third-order valence-electron chi connectivity index (χ3n) is 5.90. The third-order valence-corrected chi connectivity index (χ3v) is 5.90. The normalized spacial score (nSPS) is 17.0. The number of rotatable bonds is 6. The average Bonchev–Trinajstić information content (AvgIpc) is 3.09. The minimum Gasteiger partial charge on any atom is -0.507 e. The summed E-state index contributed by atoms with van der Waals surface area (Å²) in [5.74, 6) is -2.87. The van der Waals surface area contributed by atoms with Crippen LogP contribution in [0.1, 0.15) is 52.5 Å². The van der Waals surface area contributed by atoms with Crippen molar-refractivity contribution in [1.82, 2.24) is 4.90 Å². The van der Waals surface area contributed by atoms with Crippen LogP contribution in [0.15, 0.2) is 78.4 Å². The van der Waals surface area contributed by atoms with E-state index in [9.17, 15) is 23.9 Å². The van der Waals surface area contributed by atoms with Crippen molar-refractivity contribution in [2.45, 2.75) is 39.5 Å². The van der Waals surface area contributed by atoms with E-state index >= 15 is 0 Å². The quantitative estimate of drug-likeness (QED) is 0.220. The summed E-state index contributed by atoms with van der Waals surface area (Å²) in [5.41, 5.74) is 2.83. The lowest BCUT2D eigenvalue weighted by Crippen LogP contribution is -2.29. The predicted molar refractivity (Wildman–Crippen MR) is 132 cm³/mol. The maximum absolute atomic E-state index is 13.4. The van der Waals surface area contributed by atoms with E-state index in [1.807, 2.05) is 25.1 Å². The van der Waals surface area contributed by atoms with Crippen LogP contribution in [0.2, 0.25) is 0 Å². The number of amides is 1. The number of likely N-dealkylation sites (tertiary alicyclic amines) is 1. The van der Waals surface area contributed by atoms with E-state index in [1.165, 1.54) is 29.2 Å². The summed E-state index contributed by atoms with van der Waals surface area (Å²) in [6, 6.07) is 18.2. The van der Waals surface area contributed by atoms with Crippen LogP contribution in [0.25, 0.3) is 5.76 Å². The largest absolute Gasteiger partial charge is 0.507 e. The van der Waals surface area contributed by atoms with Gasteiger partial charge in [-0.05, 0) is 68.3 Å². The third kappa shape index (κ3) is 5.05. The van der Waals surface area contributed by atoms with Gasteiger partial charge in [-0.25, -0.2) is 9.18 Å². The highest BCUT2D eigenvalue weighted by atomic mass is 19.1. The SMILES string of the molecule is Cc1cccc(C2/C(=C(\O)c3ccc(F)cc3)C(=O)C(=O)N2Cc2ccc(C(=O)OC(C)C)cc2)c1. The van der Waals surface area contributed by atoms with Gasteiger partial charge in [0.25, 0.3) is 11.7 Å². The Balaban J connectivity index is 1.74. The van der Waals surface area contributed by atoms with Crippen LogP contribution >= 0.6 is 0 Å². The molecule has 36 heavy (non-hydrogen) atoms. The van der Waals surface area contributed by atoms with Crippen molar-refractivity contribution in [3.8, 4) is 0 Å². The van der Waals surface area contributed by atoms with Crippen LogP contribution in [0.4, 0.5) is 4.39 Å². The number of aliphatic hydroxyl groups excluding tert-OH is 1. The number of nitrogens with zero attached hydrogens (tertiary/aromatic N) is 1. The van der Waals surface area contributed by atoms with Crippen LogP contribution in [-0.2, 0) is 20.9 Å². The topological polar surface area (TPSA) is 83.9 Å². The highest BCUT2D eigenvalue weighted by Crippen LogP contribution is 2.40. The number of hydrogen-bond donors (Lipinski definition) is 1. The number of hydrogen-bond acceptors (Lipinski definition) is 5. The maximum Gasteiger partial charge on any atom is 0.338 e. The van der Waals surface area contributed by atoms with Crippen molar-refractivity contribution >= 4 is 23.4 Å². The summed E-state index contributed by atoms with van der Waals surface area (Å²) in [4.78, 5) is 39.9. The van der Waals surface area contributed by atoms with Gasteiger partial charge in [-0.15, -0.1) is 0 Å². The zero-order valence-corrected chi connectivity index (χ0v) is 20.2. The lowest BCUT2D eigenvalue weighted by Gasteiger charge is -2.26. The first-order chi connectivity index (χ1) is 17.2. The number of Topliss-reactive ketones (excluding diaryl/α,β-unsaturated/α-hetero) is 1. The number of aliphatic hydroxyl groups is 1. The Morgan fingerprint density at radius 1 is 1.00 bits per heavy atom. The van der Waals surface area contributed by atoms with E-state index in [2.05, 4.69) is 0 Å².